The van der Waals surface area contributed by atoms with Crippen LogP contribution in [0.4, 0.5) is 5.82 Å². The van der Waals surface area contributed by atoms with Crippen molar-refractivity contribution in [2.45, 2.75) is 6.61 Å². The third-order valence-electron chi connectivity index (χ3n) is 1.86. The minimum Gasteiger partial charge on any atom is -0.392 e. The third-order valence-corrected chi connectivity index (χ3v) is 1.86. The first-order chi connectivity index (χ1) is 6.31. The van der Waals surface area contributed by atoms with Crippen LogP contribution in [-0.4, -0.2) is 15.1 Å². The molecule has 2 aromatic heterocycles. The molecule has 13 heavy (non-hydrogen) atoms. The zero-order valence-corrected chi connectivity index (χ0v) is 6.94. The van der Waals surface area contributed by atoms with E-state index in [0.717, 1.165) is 11.1 Å². The van der Waals surface area contributed by atoms with Gasteiger partial charge < -0.3 is 10.8 Å². The molecule has 2 aromatic rings. The molecule has 0 unspecified atom stereocenters. The lowest BCUT2D eigenvalue weighted by Crippen LogP contribution is -1.95. The second-order valence-electron chi connectivity index (χ2n) is 2.73. The number of aliphatic hydroxyl groups is 1. The number of aliphatic hydroxyl groups excluding tert-OH is 1. The molecular weight excluding hydrogens is 166 g/mol. The van der Waals surface area contributed by atoms with Gasteiger partial charge in [0, 0.05) is 11.8 Å². The summed E-state index contributed by atoms with van der Waals surface area (Å²) in [5.41, 5.74) is 7.70. The summed E-state index contributed by atoms with van der Waals surface area (Å²) in [6.45, 7) is -0.0462. The molecule has 0 bridgehead atoms. The molecule has 0 aromatic carbocycles. The van der Waals surface area contributed by atoms with E-state index < -0.39 is 0 Å². The molecule has 0 atom stereocenters. The number of anilines is 1. The zero-order chi connectivity index (χ0) is 9.26. The second-order valence-corrected chi connectivity index (χ2v) is 2.73. The Morgan fingerprint density at radius 1 is 1.31 bits per heavy atom. The smallest absolute Gasteiger partial charge is 0.124 e. The second kappa shape index (κ2) is 2.99. The third kappa shape index (κ3) is 1.31. The number of hydrogen-bond acceptors (Lipinski definition) is 4. The Labute approximate surface area is 75.1 Å². The summed E-state index contributed by atoms with van der Waals surface area (Å²) in [6, 6.07) is 5.21. The number of fused-ring (bicyclic) bond motifs is 1. The molecule has 0 fully saturated rings. The molecule has 0 radical (unpaired) electrons. The number of hydrogen-bond donors (Lipinski definition) is 2. The van der Waals surface area contributed by atoms with E-state index in [1.54, 1.807) is 24.4 Å². The van der Waals surface area contributed by atoms with Gasteiger partial charge in [0.25, 0.3) is 0 Å². The van der Waals surface area contributed by atoms with Gasteiger partial charge in [-0.2, -0.15) is 0 Å². The summed E-state index contributed by atoms with van der Waals surface area (Å²) < 4.78 is 0. The van der Waals surface area contributed by atoms with Crippen molar-refractivity contribution in [3.8, 4) is 0 Å². The fourth-order valence-corrected chi connectivity index (χ4v) is 1.22. The van der Waals surface area contributed by atoms with Gasteiger partial charge in [0.05, 0.1) is 17.6 Å². The molecule has 3 N–H and O–H groups in total. The van der Waals surface area contributed by atoms with Crippen LogP contribution in [0, 0.1) is 0 Å². The Bertz CT molecular complexity index is 442. The first kappa shape index (κ1) is 7.94. The molecule has 0 aliphatic heterocycles. The summed E-state index contributed by atoms with van der Waals surface area (Å²) >= 11 is 0. The van der Waals surface area contributed by atoms with E-state index in [2.05, 4.69) is 9.97 Å². The first-order valence-corrected chi connectivity index (χ1v) is 3.92. The van der Waals surface area contributed by atoms with Crippen LogP contribution >= 0.6 is 0 Å². The number of pyridine rings is 2. The van der Waals surface area contributed by atoms with Crippen molar-refractivity contribution in [3.63, 3.8) is 0 Å². The minimum atomic E-state index is -0.0462. The summed E-state index contributed by atoms with van der Waals surface area (Å²) in [6.07, 6.45) is 1.64. The van der Waals surface area contributed by atoms with E-state index in [4.69, 9.17) is 10.8 Å². The Morgan fingerprint density at radius 3 is 2.92 bits per heavy atom. The highest BCUT2D eigenvalue weighted by molar-refractivity contribution is 5.78. The zero-order valence-electron chi connectivity index (χ0n) is 6.94. The van der Waals surface area contributed by atoms with Crippen LogP contribution in [0.3, 0.4) is 0 Å². The van der Waals surface area contributed by atoms with E-state index in [1.165, 1.54) is 0 Å². The van der Waals surface area contributed by atoms with Crippen molar-refractivity contribution in [2.24, 2.45) is 0 Å². The number of aromatic nitrogens is 2. The maximum absolute atomic E-state index is 9.02. The maximum Gasteiger partial charge on any atom is 0.124 e. The molecule has 4 nitrogen and oxygen atoms in total. The molecule has 2 rings (SSSR count). The Balaban J connectivity index is 2.79. The van der Waals surface area contributed by atoms with Crippen LogP contribution < -0.4 is 5.73 Å². The van der Waals surface area contributed by atoms with Gasteiger partial charge in [-0.1, -0.05) is 0 Å². The van der Waals surface area contributed by atoms with Crippen LogP contribution in [0.15, 0.2) is 24.4 Å². The molecule has 2 heterocycles. The maximum atomic E-state index is 9.02. The lowest BCUT2D eigenvalue weighted by molar-refractivity contribution is 0.283. The quantitative estimate of drug-likeness (QED) is 0.669. The van der Waals surface area contributed by atoms with Crippen LogP contribution in [-0.2, 0) is 6.61 Å². The average molecular weight is 175 g/mol. The predicted molar refractivity (Wildman–Crippen MR) is 49.9 cm³/mol. The average Bonchev–Trinajstić information content (AvgIpc) is 2.17. The highest BCUT2D eigenvalue weighted by atomic mass is 16.3. The van der Waals surface area contributed by atoms with Crippen molar-refractivity contribution in [2.75, 3.05) is 5.73 Å². The summed E-state index contributed by atoms with van der Waals surface area (Å²) in [7, 11) is 0. The Kier molecular flexibility index (Phi) is 1.83. The van der Waals surface area contributed by atoms with E-state index in [9.17, 15) is 0 Å². The SMILES string of the molecule is Nc1ccc2nccc(CO)c2n1. The molecule has 66 valence electrons. The van der Waals surface area contributed by atoms with Crippen molar-refractivity contribution in [1.82, 2.24) is 9.97 Å². The number of rotatable bonds is 1. The van der Waals surface area contributed by atoms with Crippen LogP contribution in [0.25, 0.3) is 11.0 Å². The summed E-state index contributed by atoms with van der Waals surface area (Å²) in [5.74, 6) is 0.440. The van der Waals surface area contributed by atoms with Gasteiger partial charge in [0.2, 0.25) is 0 Å². The predicted octanol–water partition coefficient (Wildman–Crippen LogP) is 0.704. The first-order valence-electron chi connectivity index (χ1n) is 3.92. The van der Waals surface area contributed by atoms with Gasteiger partial charge in [-0.25, -0.2) is 4.98 Å². The summed E-state index contributed by atoms with van der Waals surface area (Å²) in [4.78, 5) is 8.20. The van der Waals surface area contributed by atoms with Gasteiger partial charge in [-0.05, 0) is 18.2 Å². The van der Waals surface area contributed by atoms with Crippen LogP contribution in [0.2, 0.25) is 0 Å². The van der Waals surface area contributed by atoms with E-state index in [-0.39, 0.29) is 6.61 Å². The normalized spacial score (nSPS) is 10.5. The Hall–Kier alpha value is -1.68. The van der Waals surface area contributed by atoms with Crippen LogP contribution in [0.5, 0.6) is 0 Å². The Morgan fingerprint density at radius 2 is 2.15 bits per heavy atom. The monoisotopic (exact) mass is 175 g/mol. The number of nitrogens with zero attached hydrogens (tertiary/aromatic N) is 2. The topological polar surface area (TPSA) is 72.0 Å². The van der Waals surface area contributed by atoms with E-state index in [0.29, 0.717) is 11.3 Å². The van der Waals surface area contributed by atoms with E-state index >= 15 is 0 Å². The molecular formula is C9H9N3O. The molecule has 0 amide bonds. The molecule has 0 spiro atoms. The van der Waals surface area contributed by atoms with Crippen LogP contribution in [0.1, 0.15) is 5.56 Å². The van der Waals surface area contributed by atoms with Crippen molar-refractivity contribution < 1.29 is 5.11 Å². The van der Waals surface area contributed by atoms with Gasteiger partial charge >= 0.3 is 0 Å². The lowest BCUT2D eigenvalue weighted by Gasteiger charge is -2.01. The molecule has 4 heteroatoms. The molecule has 0 aliphatic carbocycles. The van der Waals surface area contributed by atoms with Crippen molar-refractivity contribution >= 4 is 16.9 Å². The number of nitrogen functional groups attached to an aromatic ring is 1. The van der Waals surface area contributed by atoms with Crippen molar-refractivity contribution in [3.05, 3.63) is 30.0 Å². The minimum absolute atomic E-state index is 0.0462. The molecule has 0 saturated heterocycles. The van der Waals surface area contributed by atoms with Gasteiger partial charge in [-0.15, -0.1) is 0 Å². The lowest BCUT2D eigenvalue weighted by atomic mass is 10.2. The molecule has 0 aliphatic rings. The molecule has 0 saturated carbocycles. The van der Waals surface area contributed by atoms with Gasteiger partial charge in [0.1, 0.15) is 5.82 Å². The highest BCUT2D eigenvalue weighted by Gasteiger charge is 2.01. The fourth-order valence-electron chi connectivity index (χ4n) is 1.22. The van der Waals surface area contributed by atoms with Gasteiger partial charge in [0.15, 0.2) is 0 Å². The highest BCUT2D eigenvalue weighted by Crippen LogP contribution is 2.15. The van der Waals surface area contributed by atoms with Crippen molar-refractivity contribution in [1.29, 1.82) is 0 Å². The fraction of sp³-hybridized carbons (Fsp3) is 0.111. The van der Waals surface area contributed by atoms with Gasteiger partial charge in [-0.3, -0.25) is 4.98 Å². The summed E-state index contributed by atoms with van der Waals surface area (Å²) in [5, 5.41) is 9.02. The standard InChI is InChI=1S/C9H9N3O/c10-8-2-1-7-9(12-8)6(5-13)3-4-11-7/h1-4,13H,5H2,(H2,10,12). The number of nitrogens with two attached hydrogens (primary N) is 1. The largest absolute Gasteiger partial charge is 0.392 e. The van der Waals surface area contributed by atoms with E-state index in [1.807, 2.05) is 0 Å².